The lowest BCUT2D eigenvalue weighted by atomic mass is 10.2. The molecule has 0 saturated carbocycles. The van der Waals surface area contributed by atoms with Crippen molar-refractivity contribution >= 4 is 5.97 Å². The number of aliphatic carboxylic acids is 1. The number of carboxylic acid groups (broad SMARTS) is 1. The van der Waals surface area contributed by atoms with Crippen molar-refractivity contribution < 1.29 is 14.5 Å². The molecule has 0 radical (unpaired) electrons. The van der Waals surface area contributed by atoms with E-state index in [4.69, 9.17) is 9.90 Å². The molecule has 0 bridgehead atoms. The minimum Gasteiger partial charge on any atom is -0.550 e. The monoisotopic (exact) mass is 260 g/mol. The van der Waals surface area contributed by atoms with Crippen LogP contribution in [0.5, 0.6) is 0 Å². The maximum Gasteiger partial charge on any atom is 0.286 e. The average Bonchev–Trinajstić information content (AvgIpc) is 2.85. The zero-order chi connectivity index (χ0) is 14.1. The van der Waals surface area contributed by atoms with E-state index in [9.17, 15) is 0 Å². The van der Waals surface area contributed by atoms with Gasteiger partial charge in [-0.1, -0.05) is 31.5 Å². The number of rotatable bonds is 4. The summed E-state index contributed by atoms with van der Waals surface area (Å²) in [5.74, 6) is 0.115. The quantitative estimate of drug-likeness (QED) is 0.847. The summed E-state index contributed by atoms with van der Waals surface area (Å²) in [6.45, 7) is 4.28. The van der Waals surface area contributed by atoms with Crippen LogP contribution >= 0.6 is 0 Å². The summed E-state index contributed by atoms with van der Waals surface area (Å²) in [4.78, 5) is 12.2. The van der Waals surface area contributed by atoms with Gasteiger partial charge in [0.15, 0.2) is 0 Å². The highest BCUT2D eigenvalue weighted by Crippen LogP contribution is 2.11. The first-order valence-corrected chi connectivity index (χ1v) is 6.45. The summed E-state index contributed by atoms with van der Waals surface area (Å²) < 4.78 is 2.28. The van der Waals surface area contributed by atoms with E-state index in [1.807, 2.05) is 12.3 Å². The molecule has 1 heterocycles. The van der Waals surface area contributed by atoms with E-state index in [0.717, 1.165) is 13.5 Å². The Labute approximate surface area is 113 Å². The molecular formula is C15H20N2O2. The number of hydrogen-bond donors (Lipinski definition) is 1. The number of benzene rings is 1. The molecule has 4 heteroatoms. The Kier molecular flexibility index (Phi) is 6.36. The predicted octanol–water partition coefficient (Wildman–Crippen LogP) is 1.53. The number of unbranched alkanes of at least 4 members (excludes halogenated alkanes) is 1. The minimum absolute atomic E-state index is 0.972. The Morgan fingerprint density at radius 3 is 2.53 bits per heavy atom. The molecule has 1 aromatic heterocycles. The molecule has 0 aliphatic heterocycles. The van der Waals surface area contributed by atoms with Crippen molar-refractivity contribution in [3.63, 3.8) is 0 Å². The molecule has 1 aromatic carbocycles. The molecule has 4 nitrogen and oxygen atoms in total. The third kappa shape index (κ3) is 5.38. The number of imidazole rings is 1. The summed E-state index contributed by atoms with van der Waals surface area (Å²) in [5, 5.41) is 8.89. The Hall–Kier alpha value is -2.10. The van der Waals surface area contributed by atoms with Crippen LogP contribution in [0.15, 0.2) is 42.7 Å². The summed E-state index contributed by atoms with van der Waals surface area (Å²) in [5.41, 5.74) is 1.25. The maximum absolute atomic E-state index is 8.89. The number of nitrogens with zero attached hydrogens (tertiary/aromatic N) is 1. The molecule has 1 N–H and O–H groups in total. The van der Waals surface area contributed by atoms with Gasteiger partial charge in [0.1, 0.15) is 12.4 Å². The molecule has 2 rings (SSSR count). The highest BCUT2D eigenvalue weighted by Gasteiger charge is 2.11. The standard InChI is InChI=1S/C13H16N2.C2H4O2/c1-2-3-10-15-11-9-14-13(15)12-7-5-4-6-8-12;1-2(3)4/h4-9,11H,2-3,10H2,1H3;1H3,(H,3,4). The third-order valence-corrected chi connectivity index (χ3v) is 2.56. The van der Waals surface area contributed by atoms with Crippen molar-refractivity contribution in [3.05, 3.63) is 42.7 Å². The molecule has 0 saturated heterocycles. The van der Waals surface area contributed by atoms with E-state index in [-0.39, 0.29) is 0 Å². The highest BCUT2D eigenvalue weighted by molar-refractivity contribution is 5.60. The van der Waals surface area contributed by atoms with Gasteiger partial charge in [0.2, 0.25) is 0 Å². The number of aryl methyl sites for hydroxylation is 1. The van der Waals surface area contributed by atoms with Gasteiger partial charge in [-0.2, -0.15) is 0 Å². The number of aromatic amines is 1. The summed E-state index contributed by atoms with van der Waals surface area (Å²) in [6.07, 6.45) is 6.56. The average molecular weight is 260 g/mol. The highest BCUT2D eigenvalue weighted by atomic mass is 16.4. The van der Waals surface area contributed by atoms with Gasteiger partial charge in [0.05, 0.1) is 12.1 Å². The first kappa shape index (κ1) is 15.0. The van der Waals surface area contributed by atoms with Crippen LogP contribution in [0.25, 0.3) is 11.4 Å². The zero-order valence-corrected chi connectivity index (χ0v) is 11.4. The Morgan fingerprint density at radius 1 is 1.32 bits per heavy atom. The van der Waals surface area contributed by atoms with Crippen molar-refractivity contribution in [2.45, 2.75) is 33.2 Å². The number of aromatic nitrogens is 2. The van der Waals surface area contributed by atoms with Crippen LogP contribution in [0.2, 0.25) is 0 Å². The van der Waals surface area contributed by atoms with Crippen molar-refractivity contribution in [3.8, 4) is 11.4 Å². The fraction of sp³-hybridized carbons (Fsp3) is 0.333. The van der Waals surface area contributed by atoms with Crippen molar-refractivity contribution in [2.24, 2.45) is 0 Å². The number of nitrogens with one attached hydrogen (secondary N) is 1. The minimum atomic E-state index is -1.08. The summed E-state index contributed by atoms with van der Waals surface area (Å²) in [6, 6.07) is 10.5. The van der Waals surface area contributed by atoms with Gasteiger partial charge in [-0.05, 0) is 25.5 Å². The van der Waals surface area contributed by atoms with Crippen LogP contribution < -0.4 is 9.67 Å². The fourth-order valence-electron chi connectivity index (χ4n) is 1.72. The lowest BCUT2D eigenvalue weighted by Crippen LogP contribution is -2.33. The van der Waals surface area contributed by atoms with Gasteiger partial charge in [-0.15, -0.1) is 0 Å². The maximum atomic E-state index is 8.89. The van der Waals surface area contributed by atoms with E-state index in [0.29, 0.717) is 0 Å². The van der Waals surface area contributed by atoms with E-state index in [1.165, 1.54) is 24.2 Å². The largest absolute Gasteiger partial charge is 0.550 e. The number of hydrogen-bond acceptors (Lipinski definition) is 2. The van der Waals surface area contributed by atoms with Gasteiger partial charge in [0, 0.05) is 5.97 Å². The molecule has 19 heavy (non-hydrogen) atoms. The smallest absolute Gasteiger partial charge is 0.286 e. The first-order valence-electron chi connectivity index (χ1n) is 6.45. The van der Waals surface area contributed by atoms with Crippen LogP contribution in [0.1, 0.15) is 26.7 Å². The lowest BCUT2D eigenvalue weighted by Gasteiger charge is -1.99. The van der Waals surface area contributed by atoms with Crippen molar-refractivity contribution in [2.75, 3.05) is 0 Å². The van der Waals surface area contributed by atoms with Crippen molar-refractivity contribution in [1.82, 2.24) is 4.98 Å². The first-order chi connectivity index (χ1) is 9.15. The lowest BCUT2D eigenvalue weighted by molar-refractivity contribution is -0.685. The molecule has 0 atom stereocenters. The Morgan fingerprint density at radius 2 is 1.95 bits per heavy atom. The van der Waals surface area contributed by atoms with E-state index in [1.54, 1.807) is 0 Å². The topological polar surface area (TPSA) is 59.8 Å². The second-order valence-electron chi connectivity index (χ2n) is 4.21. The molecule has 102 valence electrons. The van der Waals surface area contributed by atoms with Gasteiger partial charge in [0.25, 0.3) is 5.82 Å². The third-order valence-electron chi connectivity index (χ3n) is 2.56. The van der Waals surface area contributed by atoms with Crippen LogP contribution in [-0.4, -0.2) is 11.0 Å². The molecule has 0 amide bonds. The van der Waals surface area contributed by atoms with Crippen molar-refractivity contribution in [1.29, 1.82) is 0 Å². The molecule has 0 aliphatic rings. The molecule has 0 unspecified atom stereocenters. The SMILES string of the molecule is CC(=O)[O-].CCCC[n+]1cc[nH]c1-c1ccccc1. The zero-order valence-electron chi connectivity index (χ0n) is 11.4. The van der Waals surface area contributed by atoms with Crippen LogP contribution in [0, 0.1) is 0 Å². The molecule has 0 fully saturated rings. The van der Waals surface area contributed by atoms with Crippen LogP contribution in [0.3, 0.4) is 0 Å². The van der Waals surface area contributed by atoms with Gasteiger partial charge >= 0.3 is 0 Å². The predicted molar refractivity (Wildman–Crippen MR) is 72.0 cm³/mol. The van der Waals surface area contributed by atoms with E-state index < -0.39 is 5.97 Å². The number of carboxylic acids is 1. The summed E-state index contributed by atoms with van der Waals surface area (Å²) in [7, 11) is 0. The normalized spacial score (nSPS) is 9.58. The number of H-pyrrole nitrogens is 1. The van der Waals surface area contributed by atoms with Gasteiger partial charge in [-0.3, -0.25) is 0 Å². The fourth-order valence-corrected chi connectivity index (χ4v) is 1.72. The van der Waals surface area contributed by atoms with E-state index >= 15 is 0 Å². The van der Waals surface area contributed by atoms with Crippen LogP contribution in [0.4, 0.5) is 0 Å². The molecule has 2 aromatic rings. The molecule has 0 spiro atoms. The molecular weight excluding hydrogens is 240 g/mol. The second kappa shape index (κ2) is 8.08. The van der Waals surface area contributed by atoms with E-state index in [2.05, 4.69) is 46.9 Å². The number of carbonyl (C=O) groups excluding carboxylic acids is 1. The Balaban J connectivity index is 0.000000399. The Bertz CT molecular complexity index is 488. The van der Waals surface area contributed by atoms with Gasteiger partial charge in [-0.25, -0.2) is 9.55 Å². The molecule has 0 aliphatic carbocycles. The summed E-state index contributed by atoms with van der Waals surface area (Å²) >= 11 is 0. The second-order valence-corrected chi connectivity index (χ2v) is 4.21. The van der Waals surface area contributed by atoms with Crippen LogP contribution in [-0.2, 0) is 11.3 Å². The van der Waals surface area contributed by atoms with Gasteiger partial charge < -0.3 is 9.90 Å². The number of carbonyl (C=O) groups is 1.